The molecule has 7 heteroatoms. The van der Waals surface area contributed by atoms with Gasteiger partial charge in [0.15, 0.2) is 0 Å². The Kier molecular flexibility index (Phi) is 4.93. The maximum Gasteiger partial charge on any atom is 0.343 e. The van der Waals surface area contributed by atoms with Gasteiger partial charge in [-0.3, -0.25) is 4.79 Å². The molecule has 1 aliphatic rings. The number of fused-ring (bicyclic) bond motifs is 1. The van der Waals surface area contributed by atoms with E-state index in [4.69, 9.17) is 25.8 Å². The van der Waals surface area contributed by atoms with E-state index in [-0.39, 0.29) is 12.2 Å². The summed E-state index contributed by atoms with van der Waals surface area (Å²) in [5.41, 5.74) is 1.59. The van der Waals surface area contributed by atoms with Gasteiger partial charge < -0.3 is 19.2 Å². The molecule has 28 heavy (non-hydrogen) atoms. The highest BCUT2D eigenvalue weighted by atomic mass is 35.5. The highest BCUT2D eigenvalue weighted by molar-refractivity contribution is 6.30. The topological polar surface area (TPSA) is 77.6 Å². The van der Waals surface area contributed by atoms with Crippen LogP contribution in [0.3, 0.4) is 0 Å². The van der Waals surface area contributed by atoms with E-state index in [1.165, 1.54) is 6.20 Å². The van der Waals surface area contributed by atoms with E-state index in [2.05, 4.69) is 4.98 Å². The van der Waals surface area contributed by atoms with Gasteiger partial charge in [-0.05, 0) is 31.2 Å². The number of aromatic amines is 1. The molecule has 2 aromatic carbocycles. The molecule has 2 heterocycles. The Morgan fingerprint density at radius 1 is 1.14 bits per heavy atom. The molecule has 1 N–H and O–H groups in total. The number of aromatic nitrogens is 1. The molecule has 6 nitrogen and oxygen atoms in total. The molecule has 0 atom stereocenters. The minimum atomic E-state index is -1.13. The normalized spacial score (nSPS) is 15.6. The zero-order chi connectivity index (χ0) is 19.7. The molecule has 144 valence electrons. The number of rotatable bonds is 4. The van der Waals surface area contributed by atoms with Crippen molar-refractivity contribution >= 4 is 28.5 Å². The lowest BCUT2D eigenvalue weighted by molar-refractivity contribution is -0.129. The van der Waals surface area contributed by atoms with Gasteiger partial charge in [-0.2, -0.15) is 0 Å². The van der Waals surface area contributed by atoms with E-state index in [9.17, 15) is 9.59 Å². The Hall–Kier alpha value is -2.67. The quantitative estimate of drug-likeness (QED) is 0.678. The summed E-state index contributed by atoms with van der Waals surface area (Å²) in [6.45, 7) is 2.72. The van der Waals surface area contributed by atoms with Gasteiger partial charge in [-0.1, -0.05) is 29.8 Å². The SMILES string of the molecule is CCOC(=O)c1c[nH]c2ccc(C3(c4ccc(Cl)cc4)OCCO3)cc2c1=O. The Morgan fingerprint density at radius 2 is 1.82 bits per heavy atom. The van der Waals surface area contributed by atoms with Crippen molar-refractivity contribution in [1.29, 1.82) is 0 Å². The molecule has 4 rings (SSSR count). The van der Waals surface area contributed by atoms with Crippen LogP contribution in [0.1, 0.15) is 28.4 Å². The fourth-order valence-electron chi connectivity index (χ4n) is 3.37. The number of hydrogen-bond donors (Lipinski definition) is 1. The third-order valence-electron chi connectivity index (χ3n) is 4.67. The Balaban J connectivity index is 1.87. The van der Waals surface area contributed by atoms with Gasteiger partial charge in [0.1, 0.15) is 5.56 Å². The largest absolute Gasteiger partial charge is 0.462 e. The van der Waals surface area contributed by atoms with Gasteiger partial charge in [0.2, 0.25) is 11.2 Å². The molecular formula is C21H18ClNO5. The van der Waals surface area contributed by atoms with Crippen LogP contribution in [0.15, 0.2) is 53.5 Å². The van der Waals surface area contributed by atoms with E-state index in [0.29, 0.717) is 34.7 Å². The van der Waals surface area contributed by atoms with Crippen molar-refractivity contribution in [3.05, 3.63) is 80.6 Å². The number of nitrogens with one attached hydrogen (secondary N) is 1. The number of ether oxygens (including phenoxy) is 3. The van der Waals surface area contributed by atoms with Crippen molar-refractivity contribution in [3.63, 3.8) is 0 Å². The van der Waals surface area contributed by atoms with Crippen LogP contribution in [0.25, 0.3) is 10.9 Å². The average molecular weight is 400 g/mol. The van der Waals surface area contributed by atoms with Crippen molar-refractivity contribution in [3.8, 4) is 0 Å². The molecule has 0 bridgehead atoms. The van der Waals surface area contributed by atoms with Crippen LogP contribution >= 0.6 is 11.6 Å². The summed E-state index contributed by atoms with van der Waals surface area (Å²) >= 11 is 6.01. The molecule has 1 saturated heterocycles. The third-order valence-corrected chi connectivity index (χ3v) is 4.93. The fourth-order valence-corrected chi connectivity index (χ4v) is 3.49. The average Bonchev–Trinajstić information content (AvgIpc) is 3.20. The molecule has 0 spiro atoms. The van der Waals surface area contributed by atoms with Crippen LogP contribution in [-0.2, 0) is 20.0 Å². The first-order valence-electron chi connectivity index (χ1n) is 8.92. The van der Waals surface area contributed by atoms with E-state index < -0.39 is 17.2 Å². The Morgan fingerprint density at radius 3 is 2.50 bits per heavy atom. The first-order chi connectivity index (χ1) is 13.5. The van der Waals surface area contributed by atoms with Gasteiger partial charge in [-0.25, -0.2) is 4.79 Å². The molecule has 0 radical (unpaired) electrons. The van der Waals surface area contributed by atoms with E-state index in [0.717, 1.165) is 5.56 Å². The smallest absolute Gasteiger partial charge is 0.343 e. The number of halogens is 1. The first kappa shape index (κ1) is 18.7. The Labute approximate surface area is 166 Å². The lowest BCUT2D eigenvalue weighted by Crippen LogP contribution is -2.29. The summed E-state index contributed by atoms with van der Waals surface area (Å²) in [6.07, 6.45) is 1.37. The van der Waals surface area contributed by atoms with Crippen LogP contribution in [-0.4, -0.2) is 30.8 Å². The summed E-state index contributed by atoms with van der Waals surface area (Å²) in [6, 6.07) is 12.5. The second-order valence-corrected chi connectivity index (χ2v) is 6.77. The zero-order valence-corrected chi connectivity index (χ0v) is 15.9. The number of carbonyl (C=O) groups excluding carboxylic acids is 1. The molecule has 3 aromatic rings. The molecule has 0 amide bonds. The van der Waals surface area contributed by atoms with E-state index in [1.54, 1.807) is 31.2 Å². The molecule has 1 aromatic heterocycles. The summed E-state index contributed by atoms with van der Waals surface area (Å²) in [5.74, 6) is -1.79. The van der Waals surface area contributed by atoms with Crippen molar-refractivity contribution in [2.24, 2.45) is 0 Å². The summed E-state index contributed by atoms with van der Waals surface area (Å²) in [7, 11) is 0. The van der Waals surface area contributed by atoms with Crippen LogP contribution in [0, 0.1) is 0 Å². The van der Waals surface area contributed by atoms with Crippen molar-refractivity contribution in [2.75, 3.05) is 19.8 Å². The van der Waals surface area contributed by atoms with Crippen molar-refractivity contribution < 1.29 is 19.0 Å². The van der Waals surface area contributed by atoms with Gasteiger partial charge in [0, 0.05) is 33.2 Å². The predicted octanol–water partition coefficient (Wildman–Crippen LogP) is 3.61. The monoisotopic (exact) mass is 399 g/mol. The number of pyridine rings is 1. The molecule has 0 saturated carbocycles. The van der Waals surface area contributed by atoms with Gasteiger partial charge in [0.25, 0.3) is 0 Å². The van der Waals surface area contributed by atoms with Crippen LogP contribution in [0.5, 0.6) is 0 Å². The number of esters is 1. The van der Waals surface area contributed by atoms with Crippen LogP contribution < -0.4 is 5.43 Å². The fraction of sp³-hybridized carbons (Fsp3) is 0.238. The van der Waals surface area contributed by atoms with Crippen molar-refractivity contribution in [1.82, 2.24) is 4.98 Å². The number of benzene rings is 2. The van der Waals surface area contributed by atoms with Gasteiger partial charge in [0.05, 0.1) is 19.8 Å². The van der Waals surface area contributed by atoms with Crippen LogP contribution in [0.4, 0.5) is 0 Å². The Bertz CT molecular complexity index is 1080. The molecule has 0 unspecified atom stereocenters. The molecule has 0 aliphatic carbocycles. The van der Waals surface area contributed by atoms with Gasteiger partial charge in [-0.15, -0.1) is 0 Å². The third kappa shape index (κ3) is 3.09. The lowest BCUT2D eigenvalue weighted by atomic mass is 9.95. The summed E-state index contributed by atoms with van der Waals surface area (Å²) in [5, 5.41) is 0.960. The summed E-state index contributed by atoms with van der Waals surface area (Å²) < 4.78 is 16.9. The van der Waals surface area contributed by atoms with E-state index in [1.807, 2.05) is 18.2 Å². The minimum Gasteiger partial charge on any atom is -0.462 e. The minimum absolute atomic E-state index is 0.0414. The van der Waals surface area contributed by atoms with Crippen molar-refractivity contribution in [2.45, 2.75) is 12.7 Å². The number of H-pyrrole nitrogens is 1. The van der Waals surface area contributed by atoms with E-state index >= 15 is 0 Å². The van der Waals surface area contributed by atoms with Gasteiger partial charge >= 0.3 is 5.97 Å². The number of hydrogen-bond acceptors (Lipinski definition) is 5. The second-order valence-electron chi connectivity index (χ2n) is 6.33. The summed E-state index contributed by atoms with van der Waals surface area (Å²) in [4.78, 5) is 27.9. The first-order valence-corrected chi connectivity index (χ1v) is 9.30. The molecular weight excluding hydrogens is 382 g/mol. The maximum absolute atomic E-state index is 12.9. The highest BCUT2D eigenvalue weighted by Gasteiger charge is 2.41. The second kappa shape index (κ2) is 7.39. The lowest BCUT2D eigenvalue weighted by Gasteiger charge is -2.28. The number of carbonyl (C=O) groups is 1. The standard InChI is InChI=1S/C21H18ClNO5/c1-2-26-20(25)17-12-23-18-8-5-14(11-16(18)19(17)24)21(27-9-10-28-21)13-3-6-15(22)7-4-13/h3-8,11-12H,2,9-10H2,1H3,(H,23,24). The molecule has 1 aliphatic heterocycles. The zero-order valence-electron chi connectivity index (χ0n) is 15.2. The maximum atomic E-state index is 12.9. The predicted molar refractivity (Wildman–Crippen MR) is 105 cm³/mol. The molecule has 1 fully saturated rings. The highest BCUT2D eigenvalue weighted by Crippen LogP contribution is 2.39. The van der Waals surface area contributed by atoms with Crippen LogP contribution in [0.2, 0.25) is 5.02 Å².